The third kappa shape index (κ3) is 4.43. The summed E-state index contributed by atoms with van der Waals surface area (Å²) in [5.74, 6) is 0.874. The number of rotatable bonds is 7. The molecule has 31 heavy (non-hydrogen) atoms. The maximum atomic E-state index is 12.9. The fourth-order valence-electron chi connectivity index (χ4n) is 3.27. The molecule has 0 atom stereocenters. The number of carbonyl (C=O) groups is 2. The zero-order valence-electron chi connectivity index (χ0n) is 17.1. The number of nitrogens with one attached hydrogen (secondary N) is 1. The molecule has 0 bridgehead atoms. The van der Waals surface area contributed by atoms with E-state index in [1.165, 1.54) is 16.2 Å². The highest BCUT2D eigenvalue weighted by molar-refractivity contribution is 7.14. The van der Waals surface area contributed by atoms with Gasteiger partial charge in [0.1, 0.15) is 18.0 Å². The summed E-state index contributed by atoms with van der Waals surface area (Å²) in [6.45, 7) is 0.799. The molecule has 4 rings (SSSR count). The molecule has 3 amide bonds. The third-order valence-corrected chi connectivity index (χ3v) is 5.57. The van der Waals surface area contributed by atoms with Gasteiger partial charge < -0.3 is 19.7 Å². The van der Waals surface area contributed by atoms with Gasteiger partial charge in [0.15, 0.2) is 5.13 Å². The van der Waals surface area contributed by atoms with Crippen molar-refractivity contribution >= 4 is 34.1 Å². The van der Waals surface area contributed by atoms with Crippen LogP contribution in [0.5, 0.6) is 11.5 Å². The maximum Gasteiger partial charge on any atom is 0.325 e. The Morgan fingerprint density at radius 3 is 2.84 bits per heavy atom. The van der Waals surface area contributed by atoms with E-state index in [4.69, 9.17) is 9.47 Å². The van der Waals surface area contributed by atoms with Crippen molar-refractivity contribution in [1.82, 2.24) is 14.9 Å². The molecule has 10 heteroatoms. The molecule has 1 aliphatic rings. The van der Waals surface area contributed by atoms with Crippen LogP contribution in [0.1, 0.15) is 0 Å². The van der Waals surface area contributed by atoms with Gasteiger partial charge in [0.25, 0.3) is 0 Å². The smallest absolute Gasteiger partial charge is 0.325 e. The van der Waals surface area contributed by atoms with Gasteiger partial charge in [0.2, 0.25) is 5.91 Å². The topological polar surface area (TPSA) is 96.9 Å². The minimum atomic E-state index is -0.306. The fraction of sp³-hybridized carbons (Fsp3) is 0.238. The Morgan fingerprint density at radius 1 is 1.23 bits per heavy atom. The Bertz CT molecular complexity index is 1090. The van der Waals surface area contributed by atoms with Crippen molar-refractivity contribution in [2.75, 3.05) is 44.1 Å². The summed E-state index contributed by atoms with van der Waals surface area (Å²) in [6, 6.07) is 8.72. The minimum absolute atomic E-state index is 0.0660. The molecule has 1 N–H and O–H groups in total. The molecular formula is C21H21N5O4S. The van der Waals surface area contributed by atoms with E-state index in [1.54, 1.807) is 49.7 Å². The molecule has 1 saturated heterocycles. The molecule has 9 nitrogen and oxygen atoms in total. The van der Waals surface area contributed by atoms with Crippen molar-refractivity contribution in [1.29, 1.82) is 0 Å². The number of ether oxygens (including phenoxy) is 2. The lowest BCUT2D eigenvalue weighted by Gasteiger charge is -2.20. The van der Waals surface area contributed by atoms with Crippen LogP contribution >= 0.6 is 11.3 Å². The van der Waals surface area contributed by atoms with Gasteiger partial charge >= 0.3 is 6.03 Å². The summed E-state index contributed by atoms with van der Waals surface area (Å²) in [7, 11) is 3.11. The number of hydrogen-bond acceptors (Lipinski definition) is 7. The molecule has 2 aromatic heterocycles. The van der Waals surface area contributed by atoms with E-state index in [2.05, 4.69) is 15.3 Å². The second kappa shape index (κ2) is 9.00. The lowest BCUT2D eigenvalue weighted by molar-refractivity contribution is -0.116. The van der Waals surface area contributed by atoms with Gasteiger partial charge in [-0.3, -0.25) is 14.7 Å². The van der Waals surface area contributed by atoms with Crippen LogP contribution in [0.15, 0.2) is 48.1 Å². The van der Waals surface area contributed by atoms with Gasteiger partial charge in [-0.05, 0) is 24.3 Å². The zero-order valence-corrected chi connectivity index (χ0v) is 17.9. The molecule has 0 radical (unpaired) electrons. The lowest BCUT2D eigenvalue weighted by Crippen LogP contribution is -2.37. The Hall–Kier alpha value is -3.66. The van der Waals surface area contributed by atoms with E-state index >= 15 is 0 Å². The number of carbonyl (C=O) groups excluding carboxylic acids is 2. The van der Waals surface area contributed by atoms with Crippen molar-refractivity contribution in [3.8, 4) is 22.8 Å². The average Bonchev–Trinajstić information content (AvgIpc) is 3.41. The van der Waals surface area contributed by atoms with E-state index < -0.39 is 0 Å². The van der Waals surface area contributed by atoms with Crippen LogP contribution in [0.3, 0.4) is 0 Å². The summed E-state index contributed by atoms with van der Waals surface area (Å²) in [5.41, 5.74) is 2.22. The number of amides is 3. The summed E-state index contributed by atoms with van der Waals surface area (Å²) in [6.07, 6.45) is 3.40. The summed E-state index contributed by atoms with van der Waals surface area (Å²) >= 11 is 1.32. The van der Waals surface area contributed by atoms with Crippen LogP contribution in [0.2, 0.25) is 0 Å². The van der Waals surface area contributed by atoms with Crippen molar-refractivity contribution in [3.63, 3.8) is 0 Å². The van der Waals surface area contributed by atoms with Crippen molar-refractivity contribution < 1.29 is 19.1 Å². The molecule has 0 saturated carbocycles. The molecule has 3 heterocycles. The Balaban J connectivity index is 1.40. The first-order valence-corrected chi connectivity index (χ1v) is 10.4. The van der Waals surface area contributed by atoms with E-state index in [-0.39, 0.29) is 18.5 Å². The number of thiazole rings is 1. The minimum Gasteiger partial charge on any atom is -0.497 e. The van der Waals surface area contributed by atoms with E-state index in [0.29, 0.717) is 35.4 Å². The average molecular weight is 439 g/mol. The Labute approximate surface area is 183 Å². The summed E-state index contributed by atoms with van der Waals surface area (Å²) in [4.78, 5) is 37.0. The monoisotopic (exact) mass is 439 g/mol. The molecule has 0 spiro atoms. The van der Waals surface area contributed by atoms with Crippen LogP contribution in [-0.2, 0) is 4.79 Å². The first-order valence-electron chi connectivity index (χ1n) is 9.53. The number of hydrogen-bond donors (Lipinski definition) is 1. The van der Waals surface area contributed by atoms with Crippen LogP contribution < -0.4 is 19.7 Å². The van der Waals surface area contributed by atoms with Gasteiger partial charge in [-0.15, -0.1) is 11.3 Å². The molecule has 0 unspecified atom stereocenters. The van der Waals surface area contributed by atoms with Crippen LogP contribution in [0.25, 0.3) is 11.3 Å². The summed E-state index contributed by atoms with van der Waals surface area (Å²) < 4.78 is 10.6. The Kier molecular flexibility index (Phi) is 5.99. The highest BCUT2D eigenvalue weighted by atomic mass is 32.1. The van der Waals surface area contributed by atoms with Crippen molar-refractivity contribution in [2.45, 2.75) is 0 Å². The van der Waals surface area contributed by atoms with E-state index in [1.807, 2.05) is 17.5 Å². The number of benzene rings is 1. The number of pyridine rings is 1. The molecule has 1 aromatic carbocycles. The molecule has 0 aliphatic carbocycles. The van der Waals surface area contributed by atoms with Crippen molar-refractivity contribution in [3.05, 3.63) is 48.1 Å². The van der Waals surface area contributed by atoms with Crippen LogP contribution in [0, 0.1) is 0 Å². The summed E-state index contributed by atoms with van der Waals surface area (Å²) in [5, 5.41) is 5.09. The second-order valence-electron chi connectivity index (χ2n) is 6.72. The van der Waals surface area contributed by atoms with E-state index in [0.717, 1.165) is 11.3 Å². The lowest BCUT2D eigenvalue weighted by atomic mass is 10.2. The maximum absolute atomic E-state index is 12.9. The van der Waals surface area contributed by atoms with Gasteiger partial charge in [-0.2, -0.15) is 0 Å². The number of nitrogens with zero attached hydrogens (tertiary/aromatic N) is 4. The first-order chi connectivity index (χ1) is 15.1. The SMILES string of the molecule is COc1ccc(OC)c(N2CCN(CC(=O)Nc3nc(-c4cccnc4)cs3)C2=O)c1. The predicted octanol–water partition coefficient (Wildman–Crippen LogP) is 3.10. The standard InChI is InChI=1S/C21H21N5O4S/c1-29-15-5-6-18(30-2)17(10-15)26-9-8-25(21(26)28)12-19(27)24-20-23-16(13-31-20)14-4-3-7-22-11-14/h3-7,10-11,13H,8-9,12H2,1-2H3,(H,23,24,27). The predicted molar refractivity (Wildman–Crippen MR) is 118 cm³/mol. The Morgan fingerprint density at radius 2 is 2.10 bits per heavy atom. The van der Waals surface area contributed by atoms with Gasteiger partial charge in [-0.1, -0.05) is 0 Å². The highest BCUT2D eigenvalue weighted by Crippen LogP contribution is 2.34. The largest absolute Gasteiger partial charge is 0.497 e. The molecule has 1 fully saturated rings. The van der Waals surface area contributed by atoms with Gasteiger partial charge in [0.05, 0.1) is 25.6 Å². The number of aromatic nitrogens is 2. The normalized spacial score (nSPS) is 13.4. The molecular weight excluding hydrogens is 418 g/mol. The molecule has 1 aliphatic heterocycles. The third-order valence-electron chi connectivity index (χ3n) is 4.81. The second-order valence-corrected chi connectivity index (χ2v) is 7.58. The number of urea groups is 1. The van der Waals surface area contributed by atoms with Crippen LogP contribution in [0.4, 0.5) is 15.6 Å². The quantitative estimate of drug-likeness (QED) is 0.608. The van der Waals surface area contributed by atoms with Crippen molar-refractivity contribution in [2.24, 2.45) is 0 Å². The highest BCUT2D eigenvalue weighted by Gasteiger charge is 2.32. The number of anilines is 2. The first kappa shape index (κ1) is 20.6. The van der Waals surface area contributed by atoms with Gasteiger partial charge in [0, 0.05) is 42.5 Å². The fourth-order valence-corrected chi connectivity index (χ4v) is 4.01. The van der Waals surface area contributed by atoms with Gasteiger partial charge in [-0.25, -0.2) is 9.78 Å². The molecule has 3 aromatic rings. The molecule has 160 valence electrons. The number of methoxy groups -OCH3 is 2. The zero-order chi connectivity index (χ0) is 21.8. The van der Waals surface area contributed by atoms with Crippen LogP contribution in [-0.4, -0.2) is 60.7 Å². The van der Waals surface area contributed by atoms with E-state index in [9.17, 15) is 9.59 Å².